The number of carbonyl (C=O) groups is 1. The Balaban J connectivity index is 2.02. The van der Waals surface area contributed by atoms with Gasteiger partial charge in [-0.05, 0) is 38.0 Å². The molecule has 0 aromatic carbocycles. The van der Waals surface area contributed by atoms with Gasteiger partial charge in [-0.15, -0.1) is 0 Å². The van der Waals surface area contributed by atoms with Gasteiger partial charge in [0, 0.05) is 30.1 Å². The molecule has 340 valence electrons. The molecule has 0 N–H and O–H groups in total. The van der Waals surface area contributed by atoms with Crippen molar-refractivity contribution in [2.45, 2.75) is 117 Å². The van der Waals surface area contributed by atoms with Crippen molar-refractivity contribution in [3.8, 4) is 0 Å². The maximum atomic E-state index is 14.7. The number of halogens is 26. The molecular formula is C29H24F26O3. The largest absolute Gasteiger partial charge is 0.460 e. The molecule has 4 atom stereocenters. The summed E-state index contributed by atoms with van der Waals surface area (Å²) in [6.07, 6.45) is -25.4. The van der Waals surface area contributed by atoms with Crippen molar-refractivity contribution in [1.82, 2.24) is 0 Å². The van der Waals surface area contributed by atoms with Crippen LogP contribution in [0.5, 0.6) is 0 Å². The second-order valence-electron chi connectivity index (χ2n) is 14.2. The number of fused-ring (bicyclic) bond motifs is 2. The highest BCUT2D eigenvalue weighted by atomic mass is 19.4. The van der Waals surface area contributed by atoms with Crippen molar-refractivity contribution in [1.29, 1.82) is 0 Å². The van der Waals surface area contributed by atoms with Gasteiger partial charge in [0.25, 0.3) is 0 Å². The topological polar surface area (TPSA) is 35.5 Å². The van der Waals surface area contributed by atoms with E-state index in [2.05, 4.69) is 0 Å². The van der Waals surface area contributed by atoms with Crippen molar-refractivity contribution >= 4 is 5.78 Å². The van der Waals surface area contributed by atoms with Crippen LogP contribution in [0.2, 0.25) is 0 Å². The molecule has 2 aliphatic carbocycles. The number of hydrogen-bond acceptors (Lipinski definition) is 3. The fourth-order valence-electron chi connectivity index (χ4n) is 6.81. The van der Waals surface area contributed by atoms with E-state index in [1.165, 1.54) is 12.2 Å². The van der Waals surface area contributed by atoms with Gasteiger partial charge in [0.15, 0.2) is 6.29 Å². The molecule has 0 amide bonds. The molecule has 3 rings (SSSR count). The summed E-state index contributed by atoms with van der Waals surface area (Å²) in [5.41, 5.74) is -3.25. The Bertz CT molecular complexity index is 1460. The fourth-order valence-corrected chi connectivity index (χ4v) is 6.81. The van der Waals surface area contributed by atoms with Gasteiger partial charge in [0.1, 0.15) is 5.78 Å². The third-order valence-electron chi connectivity index (χ3n) is 10.3. The zero-order valence-electron chi connectivity index (χ0n) is 28.0. The molecule has 3 aliphatic rings. The Morgan fingerprint density at radius 1 is 0.500 bits per heavy atom. The number of carbonyl (C=O) groups excluding carboxylic acids is 1. The lowest BCUT2D eigenvalue weighted by Gasteiger charge is -2.46. The number of ketones is 1. The normalized spacial score (nSPS) is 25.2. The summed E-state index contributed by atoms with van der Waals surface area (Å²) in [6, 6.07) is 0. The number of alkyl halides is 26. The van der Waals surface area contributed by atoms with E-state index in [4.69, 9.17) is 9.47 Å². The molecule has 0 radical (unpaired) electrons. The van der Waals surface area contributed by atoms with E-state index in [9.17, 15) is 119 Å². The summed E-state index contributed by atoms with van der Waals surface area (Å²) in [5, 5.41) is 0. The zero-order valence-corrected chi connectivity index (χ0v) is 28.0. The van der Waals surface area contributed by atoms with Gasteiger partial charge in [-0.25, -0.2) is 0 Å². The summed E-state index contributed by atoms with van der Waals surface area (Å²) in [4.78, 5) is 12.3. The van der Waals surface area contributed by atoms with Crippen LogP contribution in [0.25, 0.3) is 0 Å². The summed E-state index contributed by atoms with van der Waals surface area (Å²) in [6.45, 7) is -2.31. The third kappa shape index (κ3) is 7.26. The molecular weight excluding hydrogens is 890 g/mol. The molecule has 0 aromatic heterocycles. The second kappa shape index (κ2) is 14.3. The molecule has 3 nitrogen and oxygen atoms in total. The van der Waals surface area contributed by atoms with Crippen LogP contribution in [-0.4, -0.2) is 96.9 Å². The predicted molar refractivity (Wildman–Crippen MR) is 137 cm³/mol. The van der Waals surface area contributed by atoms with Crippen molar-refractivity contribution in [2.24, 2.45) is 29.1 Å². The van der Waals surface area contributed by atoms with E-state index in [1.807, 2.05) is 0 Å². The maximum Gasteiger partial charge on any atom is 0.460 e. The molecule has 2 bridgehead atoms. The Labute approximate surface area is 306 Å². The summed E-state index contributed by atoms with van der Waals surface area (Å²) in [5.74, 6) is -83.7. The Morgan fingerprint density at radius 3 is 1.12 bits per heavy atom. The van der Waals surface area contributed by atoms with Gasteiger partial charge in [-0.3, -0.25) is 4.79 Å². The van der Waals surface area contributed by atoms with E-state index in [0.29, 0.717) is 0 Å². The van der Waals surface area contributed by atoms with Gasteiger partial charge in [0.05, 0.1) is 13.2 Å². The first-order valence-corrected chi connectivity index (χ1v) is 15.7. The van der Waals surface area contributed by atoms with Crippen LogP contribution in [0.4, 0.5) is 114 Å². The van der Waals surface area contributed by atoms with Crippen LogP contribution >= 0.6 is 0 Å². The average molecular weight is 914 g/mol. The molecule has 0 aromatic rings. The number of ether oxygens (including phenoxy) is 2. The minimum absolute atomic E-state index is 0.185. The number of hydrogen-bond donors (Lipinski definition) is 0. The first kappa shape index (κ1) is 49.9. The first-order chi connectivity index (χ1) is 25.4. The molecule has 1 heterocycles. The van der Waals surface area contributed by atoms with Crippen LogP contribution in [0.15, 0.2) is 12.2 Å². The maximum absolute atomic E-state index is 14.7. The summed E-state index contributed by atoms with van der Waals surface area (Å²) < 4.78 is 366. The lowest BCUT2D eigenvalue weighted by Crippen LogP contribution is -2.70. The third-order valence-corrected chi connectivity index (χ3v) is 10.3. The van der Waals surface area contributed by atoms with Crippen LogP contribution in [-0.2, 0) is 14.3 Å². The quantitative estimate of drug-likeness (QED) is 0.114. The standard InChI is InChI=1S/C29H24F26O3/c1-11(56)14-12-2-3-13(8-12)15(14)16-57-9-17(10-58-16,4-6-18(30,31)20(34,35)22(38,39)24(42,43)26(46,47)28(50,51)52)5-7-19(32,33)21(36,37)23(40,41)25(44,45)27(48,49)29(53,54)55/h2-3,12-16H,4-10H2,1H3/t12-,13+,14-,15+/m0/s1. The predicted octanol–water partition coefficient (Wildman–Crippen LogP) is 11.4. The van der Waals surface area contributed by atoms with Crippen LogP contribution in [0.1, 0.15) is 39.0 Å². The Morgan fingerprint density at radius 2 is 0.810 bits per heavy atom. The molecule has 1 saturated heterocycles. The fraction of sp³-hybridized carbons (Fsp3) is 0.897. The van der Waals surface area contributed by atoms with Gasteiger partial charge >= 0.3 is 71.6 Å². The molecule has 58 heavy (non-hydrogen) atoms. The first-order valence-electron chi connectivity index (χ1n) is 15.7. The lowest BCUT2D eigenvalue weighted by molar-refractivity contribution is -0.441. The van der Waals surface area contributed by atoms with Crippen molar-refractivity contribution in [3.05, 3.63) is 12.2 Å². The highest BCUT2D eigenvalue weighted by Crippen LogP contribution is 2.63. The van der Waals surface area contributed by atoms with Gasteiger partial charge in [0.2, 0.25) is 0 Å². The van der Waals surface area contributed by atoms with Crippen LogP contribution in [0.3, 0.4) is 0 Å². The lowest BCUT2D eigenvalue weighted by atomic mass is 9.75. The minimum Gasteiger partial charge on any atom is -0.352 e. The Hall–Kier alpha value is -2.49. The highest BCUT2D eigenvalue weighted by Gasteiger charge is 2.92. The van der Waals surface area contributed by atoms with Crippen molar-refractivity contribution in [2.75, 3.05) is 13.2 Å². The summed E-state index contributed by atoms with van der Waals surface area (Å²) in [7, 11) is 0. The molecule has 2 fully saturated rings. The Kier molecular flexibility index (Phi) is 12.3. The average Bonchev–Trinajstić information content (AvgIpc) is 3.68. The van der Waals surface area contributed by atoms with Gasteiger partial charge < -0.3 is 9.47 Å². The van der Waals surface area contributed by atoms with Crippen molar-refractivity contribution < 1.29 is 128 Å². The van der Waals surface area contributed by atoms with Gasteiger partial charge in [-0.2, -0.15) is 114 Å². The molecule has 1 saturated carbocycles. The van der Waals surface area contributed by atoms with E-state index < -0.39 is 152 Å². The van der Waals surface area contributed by atoms with Crippen molar-refractivity contribution in [3.63, 3.8) is 0 Å². The molecule has 1 aliphatic heterocycles. The molecule has 0 spiro atoms. The number of rotatable bonds is 16. The van der Waals surface area contributed by atoms with Crippen LogP contribution < -0.4 is 0 Å². The van der Waals surface area contributed by atoms with E-state index >= 15 is 0 Å². The zero-order chi connectivity index (χ0) is 45.7. The van der Waals surface area contributed by atoms with E-state index in [0.717, 1.165) is 6.92 Å². The van der Waals surface area contributed by atoms with E-state index in [-0.39, 0.29) is 6.42 Å². The van der Waals surface area contributed by atoms with Gasteiger partial charge in [-0.1, -0.05) is 12.2 Å². The number of Topliss-reactive ketones (excluding diaryl/α,β-unsaturated/α-hetero) is 1. The second-order valence-corrected chi connectivity index (χ2v) is 14.2. The minimum atomic E-state index is -8.40. The van der Waals surface area contributed by atoms with E-state index in [1.54, 1.807) is 0 Å². The molecule has 29 heteroatoms. The summed E-state index contributed by atoms with van der Waals surface area (Å²) >= 11 is 0. The SMILES string of the molecule is CC(=O)[C@@H]1[C@H](C2OCC(CCC(F)(F)C(F)(F)C(F)(F)C(F)(F)C(F)(F)C(F)(F)F)(CCC(F)(F)C(F)(F)C(F)(F)C(F)(F)C(F)(F)C(F)(F)F)CO2)[C@@H]2C=C[C@H]1C2. The highest BCUT2D eigenvalue weighted by molar-refractivity contribution is 5.80. The number of allylic oxidation sites excluding steroid dienone is 2. The van der Waals surface area contributed by atoms with Crippen LogP contribution in [0, 0.1) is 29.1 Å². The monoisotopic (exact) mass is 914 g/mol. The molecule has 0 unspecified atom stereocenters. The smallest absolute Gasteiger partial charge is 0.352 e.